The van der Waals surface area contributed by atoms with Crippen LogP contribution in [0.25, 0.3) is 0 Å². The molecule has 0 aromatic heterocycles. The molecule has 8 nitrogen and oxygen atoms in total. The number of nitrogens with one attached hydrogen (secondary N) is 2. The summed E-state index contributed by atoms with van der Waals surface area (Å²) in [5, 5.41) is 6.19. The Morgan fingerprint density at radius 3 is 2.35 bits per heavy atom. The maximum atomic E-state index is 12.7. The van der Waals surface area contributed by atoms with Crippen molar-refractivity contribution in [2.45, 2.75) is 13.0 Å². The normalized spacial score (nSPS) is 14.2. The number of nitrogens with two attached hydrogens (primary N) is 1. The molecule has 1 aliphatic rings. The molecule has 0 spiro atoms. The molecule has 3 amide bonds. The Kier molecular flexibility index (Phi) is 9.00. The summed E-state index contributed by atoms with van der Waals surface area (Å²) in [5.41, 5.74) is 9.05. The van der Waals surface area contributed by atoms with Crippen LogP contribution in [0.3, 0.4) is 0 Å². The lowest BCUT2D eigenvalue weighted by Gasteiger charge is -2.35. The van der Waals surface area contributed by atoms with Crippen molar-refractivity contribution < 1.29 is 14.3 Å². The maximum absolute atomic E-state index is 12.7. The molecular formula is C28H32ClN5O3. The number of ether oxygens (including phenoxy) is 1. The van der Waals surface area contributed by atoms with Gasteiger partial charge in [-0.05, 0) is 42.3 Å². The third-order valence-corrected chi connectivity index (χ3v) is 6.69. The monoisotopic (exact) mass is 521 g/mol. The zero-order valence-electron chi connectivity index (χ0n) is 20.9. The number of carbonyl (C=O) groups excluding carboxylic acids is 2. The number of nitrogens with zero attached hydrogens (tertiary/aromatic N) is 2. The number of carbonyl (C=O) groups is 2. The maximum Gasteiger partial charge on any atom is 0.323 e. The van der Waals surface area contributed by atoms with Crippen molar-refractivity contribution in [2.24, 2.45) is 5.73 Å². The van der Waals surface area contributed by atoms with E-state index in [2.05, 4.69) is 44.7 Å². The Balaban J connectivity index is 1.43. The van der Waals surface area contributed by atoms with Crippen LogP contribution in [0.4, 0.5) is 16.2 Å². The second-order valence-electron chi connectivity index (χ2n) is 8.98. The lowest BCUT2D eigenvalue weighted by Crippen LogP contribution is -2.46. The molecule has 1 saturated heterocycles. The number of urea groups is 1. The molecule has 0 bridgehead atoms. The first kappa shape index (κ1) is 26.5. The zero-order chi connectivity index (χ0) is 26.2. The number of piperazine rings is 1. The van der Waals surface area contributed by atoms with E-state index in [-0.39, 0.29) is 5.56 Å². The van der Waals surface area contributed by atoms with Gasteiger partial charge in [0.1, 0.15) is 5.75 Å². The molecule has 1 heterocycles. The molecular weight excluding hydrogens is 490 g/mol. The summed E-state index contributed by atoms with van der Waals surface area (Å²) in [6.45, 7) is 5.51. The van der Waals surface area contributed by atoms with E-state index in [1.807, 2.05) is 6.07 Å². The molecule has 0 saturated carbocycles. The van der Waals surface area contributed by atoms with Gasteiger partial charge < -0.3 is 26.0 Å². The average molecular weight is 522 g/mol. The topological polar surface area (TPSA) is 99.9 Å². The van der Waals surface area contributed by atoms with E-state index >= 15 is 0 Å². The summed E-state index contributed by atoms with van der Waals surface area (Å²) in [7, 11) is 1.50. The largest absolute Gasteiger partial charge is 0.496 e. The number of hydrogen-bond acceptors (Lipinski definition) is 5. The first-order valence-electron chi connectivity index (χ1n) is 12.2. The molecule has 4 N–H and O–H groups in total. The van der Waals surface area contributed by atoms with Crippen LogP contribution < -0.4 is 21.1 Å². The SMILES string of the molecule is COc1c(C(N)=O)ccc(NC(=O)Nc2cccc(Cl)c2)c1CCN1CCN(Cc2ccccc2)CC1. The fourth-order valence-electron chi connectivity index (χ4n) is 4.55. The Labute approximate surface area is 222 Å². The van der Waals surface area contributed by atoms with E-state index in [9.17, 15) is 9.59 Å². The highest BCUT2D eigenvalue weighted by molar-refractivity contribution is 6.30. The third kappa shape index (κ3) is 7.22. The highest BCUT2D eigenvalue weighted by atomic mass is 35.5. The first-order valence-corrected chi connectivity index (χ1v) is 12.6. The Morgan fingerprint density at radius 1 is 0.946 bits per heavy atom. The van der Waals surface area contributed by atoms with E-state index in [0.717, 1.165) is 44.8 Å². The third-order valence-electron chi connectivity index (χ3n) is 6.45. The van der Waals surface area contributed by atoms with Crippen molar-refractivity contribution in [3.05, 3.63) is 88.4 Å². The van der Waals surface area contributed by atoms with Gasteiger partial charge >= 0.3 is 6.03 Å². The number of benzene rings is 3. The van der Waals surface area contributed by atoms with Crippen molar-refractivity contribution in [3.8, 4) is 5.75 Å². The number of hydrogen-bond donors (Lipinski definition) is 3. The quantitative estimate of drug-likeness (QED) is 0.386. The zero-order valence-corrected chi connectivity index (χ0v) is 21.6. The molecule has 1 fully saturated rings. The molecule has 4 rings (SSSR count). The highest BCUT2D eigenvalue weighted by Gasteiger charge is 2.22. The number of rotatable bonds is 9. The van der Waals surface area contributed by atoms with Crippen LogP contribution in [0.15, 0.2) is 66.7 Å². The van der Waals surface area contributed by atoms with Gasteiger partial charge in [0.15, 0.2) is 0 Å². The van der Waals surface area contributed by atoms with Gasteiger partial charge in [0.25, 0.3) is 5.91 Å². The van der Waals surface area contributed by atoms with Crippen molar-refractivity contribution in [2.75, 3.05) is 50.5 Å². The van der Waals surface area contributed by atoms with E-state index in [0.29, 0.717) is 28.6 Å². The van der Waals surface area contributed by atoms with Crippen molar-refractivity contribution >= 4 is 34.9 Å². The van der Waals surface area contributed by atoms with E-state index < -0.39 is 11.9 Å². The molecule has 194 valence electrons. The summed E-state index contributed by atoms with van der Waals surface area (Å²) in [4.78, 5) is 29.6. The summed E-state index contributed by atoms with van der Waals surface area (Å²) < 4.78 is 5.60. The Morgan fingerprint density at radius 2 is 1.68 bits per heavy atom. The fourth-order valence-corrected chi connectivity index (χ4v) is 4.74. The van der Waals surface area contributed by atoms with Crippen molar-refractivity contribution in [1.29, 1.82) is 0 Å². The van der Waals surface area contributed by atoms with Crippen molar-refractivity contribution in [1.82, 2.24) is 9.80 Å². The minimum atomic E-state index is -0.581. The molecule has 0 unspecified atom stereocenters. The number of methoxy groups -OCH3 is 1. The predicted molar refractivity (Wildman–Crippen MR) is 147 cm³/mol. The van der Waals surface area contributed by atoms with Crippen LogP contribution in [0.5, 0.6) is 5.75 Å². The van der Waals surface area contributed by atoms with Gasteiger partial charge in [-0.25, -0.2) is 4.79 Å². The fraction of sp³-hybridized carbons (Fsp3) is 0.286. The van der Waals surface area contributed by atoms with Crippen LogP contribution in [-0.2, 0) is 13.0 Å². The second-order valence-corrected chi connectivity index (χ2v) is 9.42. The van der Waals surface area contributed by atoms with Gasteiger partial charge in [-0.1, -0.05) is 48.0 Å². The summed E-state index contributed by atoms with van der Waals surface area (Å²) in [5.74, 6) is -0.196. The second kappa shape index (κ2) is 12.6. The van der Waals surface area contributed by atoms with Crippen LogP contribution >= 0.6 is 11.6 Å². The van der Waals surface area contributed by atoms with Gasteiger partial charge in [-0.2, -0.15) is 0 Å². The van der Waals surface area contributed by atoms with Crippen LogP contribution in [0.2, 0.25) is 5.02 Å². The molecule has 3 aromatic rings. The average Bonchev–Trinajstić information content (AvgIpc) is 2.89. The lowest BCUT2D eigenvalue weighted by atomic mass is 10.0. The van der Waals surface area contributed by atoms with Gasteiger partial charge in [0.05, 0.1) is 12.7 Å². The van der Waals surface area contributed by atoms with Crippen LogP contribution in [0, 0.1) is 0 Å². The molecule has 0 radical (unpaired) electrons. The van der Waals surface area contributed by atoms with E-state index in [1.54, 1.807) is 36.4 Å². The molecule has 3 aromatic carbocycles. The minimum Gasteiger partial charge on any atom is -0.496 e. The summed E-state index contributed by atoms with van der Waals surface area (Å²) >= 11 is 6.03. The lowest BCUT2D eigenvalue weighted by molar-refractivity contribution is 0.0997. The highest BCUT2D eigenvalue weighted by Crippen LogP contribution is 2.32. The molecule has 9 heteroatoms. The molecule has 37 heavy (non-hydrogen) atoms. The Hall–Kier alpha value is -3.59. The van der Waals surface area contributed by atoms with Gasteiger partial charge in [0, 0.05) is 61.2 Å². The van der Waals surface area contributed by atoms with E-state index in [4.69, 9.17) is 22.1 Å². The van der Waals surface area contributed by atoms with Gasteiger partial charge in [-0.15, -0.1) is 0 Å². The van der Waals surface area contributed by atoms with E-state index in [1.165, 1.54) is 12.7 Å². The number of halogens is 1. The minimum absolute atomic E-state index is 0.283. The summed E-state index contributed by atoms with van der Waals surface area (Å²) in [6.07, 6.45) is 0.579. The standard InChI is InChI=1S/C28H32ClN5O3/c1-37-26-23(12-13-33-14-16-34(17-15-33)19-20-6-3-2-4-7-20)25(11-10-24(26)27(30)35)32-28(36)31-22-9-5-8-21(29)18-22/h2-11,18H,12-17,19H2,1H3,(H2,30,35)(H2,31,32,36). The molecule has 0 atom stereocenters. The number of primary amides is 1. The Bertz CT molecular complexity index is 1230. The molecule has 0 aliphatic carbocycles. The number of amides is 3. The predicted octanol–water partition coefficient (Wildman–Crippen LogP) is 4.45. The van der Waals surface area contributed by atoms with Crippen LogP contribution in [0.1, 0.15) is 21.5 Å². The molecule has 1 aliphatic heterocycles. The van der Waals surface area contributed by atoms with Crippen LogP contribution in [-0.4, -0.2) is 61.6 Å². The van der Waals surface area contributed by atoms with Crippen molar-refractivity contribution in [3.63, 3.8) is 0 Å². The first-order chi connectivity index (χ1) is 17.9. The number of anilines is 2. The van der Waals surface area contributed by atoms with Gasteiger partial charge in [-0.3, -0.25) is 9.69 Å². The smallest absolute Gasteiger partial charge is 0.323 e. The summed E-state index contributed by atoms with van der Waals surface area (Å²) in [6, 6.07) is 20.2. The van der Waals surface area contributed by atoms with Gasteiger partial charge in [0.2, 0.25) is 0 Å².